The van der Waals surface area contributed by atoms with Gasteiger partial charge in [0.25, 0.3) is 0 Å². The number of carbonyl (C=O) groups is 1. The number of nitrogens with zero attached hydrogens (tertiary/aromatic N) is 4. The summed E-state index contributed by atoms with van der Waals surface area (Å²) in [6.45, 7) is 2.96. The predicted molar refractivity (Wildman–Crippen MR) is 124 cm³/mol. The van der Waals surface area contributed by atoms with E-state index < -0.39 is 0 Å². The third-order valence-electron chi connectivity index (χ3n) is 6.03. The number of rotatable bonds is 3. The maximum Gasteiger partial charge on any atom is 0.238 e. The quantitative estimate of drug-likeness (QED) is 0.619. The van der Waals surface area contributed by atoms with Crippen molar-refractivity contribution in [1.29, 1.82) is 0 Å². The molecule has 0 saturated carbocycles. The van der Waals surface area contributed by atoms with Crippen molar-refractivity contribution in [2.45, 2.75) is 48.7 Å². The molecule has 3 heterocycles. The summed E-state index contributed by atoms with van der Waals surface area (Å²) in [5.41, 5.74) is 5.53. The number of hydrogen-bond donors (Lipinski definition) is 1. The van der Waals surface area contributed by atoms with Gasteiger partial charge in [0.2, 0.25) is 11.1 Å². The second-order valence-electron chi connectivity index (χ2n) is 8.08. The van der Waals surface area contributed by atoms with E-state index in [2.05, 4.69) is 22.5 Å². The zero-order chi connectivity index (χ0) is 21.4. The molecular weight excluding hydrogens is 430 g/mol. The van der Waals surface area contributed by atoms with Gasteiger partial charge in [-0.25, -0.2) is 4.68 Å². The van der Waals surface area contributed by atoms with E-state index in [-0.39, 0.29) is 23.2 Å². The number of aromatic nitrogens is 3. The highest BCUT2D eigenvalue weighted by atomic mass is 35.5. The van der Waals surface area contributed by atoms with Crippen molar-refractivity contribution in [2.75, 3.05) is 12.0 Å². The van der Waals surface area contributed by atoms with E-state index in [0.29, 0.717) is 10.2 Å². The second kappa shape index (κ2) is 8.55. The van der Waals surface area contributed by atoms with Crippen molar-refractivity contribution in [3.8, 4) is 11.4 Å². The van der Waals surface area contributed by atoms with E-state index in [1.54, 1.807) is 0 Å². The van der Waals surface area contributed by atoms with Crippen molar-refractivity contribution in [2.24, 2.45) is 0 Å². The summed E-state index contributed by atoms with van der Waals surface area (Å²) < 4.78 is 1.91. The Hall–Kier alpha value is -2.51. The zero-order valence-corrected chi connectivity index (χ0v) is 18.8. The molecule has 5 rings (SSSR count). The molecule has 1 amide bonds. The monoisotopic (exact) mass is 453 g/mol. The van der Waals surface area contributed by atoms with Gasteiger partial charge in [-0.15, -0.1) is 10.2 Å². The summed E-state index contributed by atoms with van der Waals surface area (Å²) in [5.74, 6) is 0.888. The summed E-state index contributed by atoms with van der Waals surface area (Å²) >= 11 is 7.62. The van der Waals surface area contributed by atoms with Crippen LogP contribution >= 0.6 is 23.4 Å². The maximum absolute atomic E-state index is 13.7. The normalized spacial score (nSPS) is 23.2. The van der Waals surface area contributed by atoms with E-state index in [0.717, 1.165) is 36.3 Å². The van der Waals surface area contributed by atoms with Gasteiger partial charge in [0.05, 0.1) is 6.04 Å². The molecule has 3 atom stereocenters. The van der Waals surface area contributed by atoms with Crippen LogP contribution in [0.3, 0.4) is 0 Å². The minimum absolute atomic E-state index is 0.153. The molecule has 1 N–H and O–H groups in total. The maximum atomic E-state index is 13.7. The average molecular weight is 454 g/mol. The van der Waals surface area contributed by atoms with Crippen LogP contribution in [0, 0.1) is 0 Å². The molecule has 2 aliphatic rings. The Bertz CT molecular complexity index is 1070. The van der Waals surface area contributed by atoms with Crippen molar-refractivity contribution < 1.29 is 4.79 Å². The number of hydrogen-bond acceptors (Lipinski definition) is 5. The molecule has 0 spiro atoms. The SMILES string of the molecule is C[C@@H]1CCCCN1C(=O)[C@@H]1Sc2nnc(-c3ccccc3)n2N[C@H]1c1ccc(Cl)cc1. The number of halogens is 1. The number of thioether (sulfide) groups is 1. The van der Waals surface area contributed by atoms with E-state index in [4.69, 9.17) is 11.6 Å². The van der Waals surface area contributed by atoms with Gasteiger partial charge in [0, 0.05) is 23.2 Å². The Morgan fingerprint density at radius 1 is 1.10 bits per heavy atom. The summed E-state index contributed by atoms with van der Waals surface area (Å²) in [6.07, 6.45) is 3.29. The molecule has 160 valence electrons. The van der Waals surface area contributed by atoms with Crippen molar-refractivity contribution >= 4 is 29.3 Å². The third kappa shape index (κ3) is 3.92. The molecule has 1 fully saturated rings. The number of fused-ring (bicyclic) bond motifs is 1. The van der Waals surface area contributed by atoms with Crippen LogP contribution in [0.1, 0.15) is 37.8 Å². The van der Waals surface area contributed by atoms with Crippen LogP contribution in [0.15, 0.2) is 59.8 Å². The fourth-order valence-corrected chi connectivity index (χ4v) is 5.60. The number of piperidine rings is 1. The molecular formula is C23H24ClN5OS. The van der Waals surface area contributed by atoms with E-state index in [9.17, 15) is 4.79 Å². The third-order valence-corrected chi connectivity index (χ3v) is 7.48. The van der Waals surface area contributed by atoms with Gasteiger partial charge in [-0.3, -0.25) is 4.79 Å². The standard InChI is InChI=1S/C23H24ClN5OS/c1-15-7-5-6-14-28(15)22(30)20-19(16-10-12-18(24)13-11-16)27-29-21(25-26-23(29)31-20)17-8-3-2-4-9-17/h2-4,8-13,15,19-20,27H,5-7,14H2,1H3/t15-,19+,20-/m1/s1. The zero-order valence-electron chi connectivity index (χ0n) is 17.2. The lowest BCUT2D eigenvalue weighted by Crippen LogP contribution is -2.50. The van der Waals surface area contributed by atoms with Gasteiger partial charge in [0.15, 0.2) is 5.82 Å². The molecule has 1 saturated heterocycles. The molecule has 0 aliphatic carbocycles. The Balaban J connectivity index is 1.53. The van der Waals surface area contributed by atoms with Gasteiger partial charge in [-0.2, -0.15) is 0 Å². The number of amides is 1. The predicted octanol–water partition coefficient (Wildman–Crippen LogP) is 4.76. The highest BCUT2D eigenvalue weighted by molar-refractivity contribution is 8.00. The fourth-order valence-electron chi connectivity index (χ4n) is 4.33. The smallest absolute Gasteiger partial charge is 0.238 e. The van der Waals surface area contributed by atoms with E-state index in [1.165, 1.54) is 18.2 Å². The molecule has 3 aromatic rings. The highest BCUT2D eigenvalue weighted by Gasteiger charge is 2.41. The molecule has 8 heteroatoms. The highest BCUT2D eigenvalue weighted by Crippen LogP contribution is 2.40. The van der Waals surface area contributed by atoms with Gasteiger partial charge in [0.1, 0.15) is 5.25 Å². The van der Waals surface area contributed by atoms with Crippen LogP contribution in [-0.4, -0.2) is 43.5 Å². The Labute approximate surface area is 191 Å². The van der Waals surface area contributed by atoms with Gasteiger partial charge in [-0.05, 0) is 43.9 Å². The number of carbonyl (C=O) groups excluding carboxylic acids is 1. The number of nitrogens with one attached hydrogen (secondary N) is 1. The lowest BCUT2D eigenvalue weighted by Gasteiger charge is -2.39. The van der Waals surface area contributed by atoms with Gasteiger partial charge < -0.3 is 10.3 Å². The summed E-state index contributed by atoms with van der Waals surface area (Å²) in [4.78, 5) is 15.7. The molecule has 2 aromatic carbocycles. The van der Waals surface area contributed by atoms with Crippen molar-refractivity contribution in [3.63, 3.8) is 0 Å². The van der Waals surface area contributed by atoms with E-state index >= 15 is 0 Å². The van der Waals surface area contributed by atoms with Crippen molar-refractivity contribution in [3.05, 3.63) is 65.2 Å². The topological polar surface area (TPSA) is 63.1 Å². The van der Waals surface area contributed by atoms with Crippen LogP contribution in [0.5, 0.6) is 0 Å². The molecule has 0 bridgehead atoms. The Morgan fingerprint density at radius 2 is 1.87 bits per heavy atom. The minimum Gasteiger partial charge on any atom is -0.339 e. The first kappa shape index (κ1) is 20.4. The summed E-state index contributed by atoms with van der Waals surface area (Å²) in [7, 11) is 0. The summed E-state index contributed by atoms with van der Waals surface area (Å²) in [6, 6.07) is 17.7. The first-order valence-electron chi connectivity index (χ1n) is 10.6. The first-order valence-corrected chi connectivity index (χ1v) is 11.9. The molecule has 6 nitrogen and oxygen atoms in total. The molecule has 0 unspecified atom stereocenters. The first-order chi connectivity index (χ1) is 15.1. The van der Waals surface area contributed by atoms with Crippen molar-refractivity contribution in [1.82, 2.24) is 19.8 Å². The molecule has 31 heavy (non-hydrogen) atoms. The molecule has 0 radical (unpaired) electrons. The lowest BCUT2D eigenvalue weighted by atomic mass is 9.99. The van der Waals surface area contributed by atoms with E-state index in [1.807, 2.05) is 64.2 Å². The Morgan fingerprint density at radius 3 is 2.61 bits per heavy atom. The number of benzene rings is 2. The molecule has 1 aromatic heterocycles. The second-order valence-corrected chi connectivity index (χ2v) is 9.63. The molecule has 2 aliphatic heterocycles. The van der Waals surface area contributed by atoms with Crippen LogP contribution < -0.4 is 5.43 Å². The fraction of sp³-hybridized carbons (Fsp3) is 0.348. The minimum atomic E-state index is -0.331. The van der Waals surface area contributed by atoms with Crippen LogP contribution in [0.25, 0.3) is 11.4 Å². The van der Waals surface area contributed by atoms with Crippen LogP contribution in [0.2, 0.25) is 5.02 Å². The summed E-state index contributed by atoms with van der Waals surface area (Å²) in [5, 5.41) is 9.85. The largest absolute Gasteiger partial charge is 0.339 e. The van der Waals surface area contributed by atoms with Crippen LogP contribution in [-0.2, 0) is 4.79 Å². The Kier molecular flexibility index (Phi) is 5.63. The lowest BCUT2D eigenvalue weighted by molar-refractivity contribution is -0.134. The van der Waals surface area contributed by atoms with Crippen LogP contribution in [0.4, 0.5) is 0 Å². The average Bonchev–Trinajstić information content (AvgIpc) is 3.22. The number of likely N-dealkylation sites (tertiary alicyclic amines) is 1. The van der Waals surface area contributed by atoms with Gasteiger partial charge >= 0.3 is 0 Å². The van der Waals surface area contributed by atoms with Gasteiger partial charge in [-0.1, -0.05) is 65.8 Å².